The summed E-state index contributed by atoms with van der Waals surface area (Å²) in [6.45, 7) is 15.8. The first-order valence-electron chi connectivity index (χ1n) is 21.7. The van der Waals surface area contributed by atoms with Gasteiger partial charge in [0.1, 0.15) is 17.8 Å². The van der Waals surface area contributed by atoms with Gasteiger partial charge in [-0.1, -0.05) is 27.7 Å². The van der Waals surface area contributed by atoms with Gasteiger partial charge in [-0.25, -0.2) is 4.79 Å². The molecule has 61 heavy (non-hydrogen) atoms. The Hall–Kier alpha value is -2.97. The van der Waals surface area contributed by atoms with E-state index in [1.54, 1.807) is 20.8 Å². The van der Waals surface area contributed by atoms with E-state index in [1.807, 2.05) is 6.92 Å². The number of piperidine rings is 2. The van der Waals surface area contributed by atoms with Crippen molar-refractivity contribution in [2.75, 3.05) is 13.1 Å². The molecule has 7 rings (SSSR count). The minimum atomic E-state index is -2.47. The summed E-state index contributed by atoms with van der Waals surface area (Å²) in [4.78, 5) is 64.6. The summed E-state index contributed by atoms with van der Waals surface area (Å²) in [5.74, 6) is -12.3. The molecule has 346 valence electrons. The van der Waals surface area contributed by atoms with Crippen molar-refractivity contribution in [2.45, 2.75) is 179 Å². The summed E-state index contributed by atoms with van der Waals surface area (Å²) in [7, 11) is 0. The molecular formula is C43H67NO17. The minimum Gasteiger partial charge on any atom is -0.481 e. The Bertz CT molecular complexity index is 1750. The first kappa shape index (κ1) is 47.5. The van der Waals surface area contributed by atoms with Crippen LogP contribution in [0.4, 0.5) is 0 Å². The van der Waals surface area contributed by atoms with E-state index in [4.69, 9.17) is 33.6 Å². The molecule has 3 saturated heterocycles. The van der Waals surface area contributed by atoms with Gasteiger partial charge in [-0.3, -0.25) is 24.1 Å². The first-order chi connectivity index (χ1) is 28.1. The Morgan fingerprint density at radius 2 is 1.48 bits per heavy atom. The van der Waals surface area contributed by atoms with Gasteiger partial charge in [0.05, 0.1) is 41.2 Å². The van der Waals surface area contributed by atoms with Gasteiger partial charge in [0.15, 0.2) is 17.8 Å². The Balaban J connectivity index is 0.00000149. The highest BCUT2D eigenvalue weighted by atomic mass is 16.7. The molecule has 0 aromatic carbocycles. The lowest BCUT2D eigenvalue weighted by atomic mass is 9.48. The maximum absolute atomic E-state index is 13.9. The third-order valence-electron chi connectivity index (χ3n) is 16.1. The molecule has 0 radical (unpaired) electrons. The van der Waals surface area contributed by atoms with Crippen molar-refractivity contribution in [1.29, 1.82) is 0 Å². The second-order valence-corrected chi connectivity index (χ2v) is 20.0. The fraction of sp³-hybridized carbons (Fsp3) is 0.884. The summed E-state index contributed by atoms with van der Waals surface area (Å²) < 4.78 is 31.1. The molecule has 0 amide bonds. The molecule has 1 spiro atoms. The number of aliphatic carboxylic acids is 1. The number of carbonyl (C=O) groups is 5. The highest BCUT2D eigenvalue weighted by Crippen LogP contribution is 2.78. The van der Waals surface area contributed by atoms with Crippen molar-refractivity contribution in [3.63, 3.8) is 0 Å². The number of hydrogen-bond acceptors (Lipinski definition) is 17. The molecular weight excluding hydrogens is 802 g/mol. The molecule has 0 aromatic heterocycles. The fourth-order valence-electron chi connectivity index (χ4n) is 13.1. The second kappa shape index (κ2) is 15.9. The van der Waals surface area contributed by atoms with Crippen LogP contribution >= 0.6 is 0 Å². The van der Waals surface area contributed by atoms with Crippen molar-refractivity contribution in [1.82, 2.24) is 4.90 Å². The molecule has 4 saturated carbocycles. The molecule has 20 atom stereocenters. The lowest BCUT2D eigenvalue weighted by molar-refractivity contribution is -0.301. The minimum absolute atomic E-state index is 0.0170. The van der Waals surface area contributed by atoms with Crippen LogP contribution in [0.3, 0.4) is 0 Å². The van der Waals surface area contributed by atoms with Crippen LogP contribution in [0, 0.1) is 46.8 Å². The monoisotopic (exact) mass is 869 g/mol. The maximum atomic E-state index is 13.9. The number of aliphatic hydroxyl groups excluding tert-OH is 2. The van der Waals surface area contributed by atoms with Crippen LogP contribution in [0.15, 0.2) is 0 Å². The normalized spacial score (nSPS) is 47.5. The summed E-state index contributed by atoms with van der Waals surface area (Å²) in [6.07, 6.45) is -7.41. The quantitative estimate of drug-likeness (QED) is 0.130. The van der Waals surface area contributed by atoms with Crippen LogP contribution in [-0.4, -0.2) is 154 Å². The summed E-state index contributed by atoms with van der Waals surface area (Å²) in [6, 6.07) is -0.329. The maximum Gasteiger partial charge on any atom is 0.341 e. The van der Waals surface area contributed by atoms with Gasteiger partial charge in [0.25, 0.3) is 5.97 Å². The Kier molecular flexibility index (Phi) is 12.4. The second-order valence-electron chi connectivity index (χ2n) is 20.0. The van der Waals surface area contributed by atoms with E-state index in [1.165, 1.54) is 6.92 Å². The van der Waals surface area contributed by atoms with Crippen LogP contribution in [0.5, 0.6) is 0 Å². The number of ether oxygens (including phenoxy) is 5. The van der Waals surface area contributed by atoms with Gasteiger partial charge in [-0.15, -0.1) is 0 Å². The molecule has 4 aliphatic carbocycles. The van der Waals surface area contributed by atoms with E-state index in [-0.39, 0.29) is 25.3 Å². The fourth-order valence-corrected chi connectivity index (χ4v) is 13.1. The zero-order chi connectivity index (χ0) is 45.7. The first-order valence-corrected chi connectivity index (χ1v) is 21.7. The number of carboxylic acids is 1. The number of hydrogen-bond donors (Lipinski definition) is 7. The molecule has 4 bridgehead atoms. The van der Waals surface area contributed by atoms with Crippen molar-refractivity contribution < 1.29 is 83.4 Å². The third kappa shape index (κ3) is 7.09. The largest absolute Gasteiger partial charge is 0.481 e. The summed E-state index contributed by atoms with van der Waals surface area (Å²) in [5.41, 5.74) is -9.03. The Morgan fingerprint density at radius 1 is 0.902 bits per heavy atom. The van der Waals surface area contributed by atoms with Gasteiger partial charge < -0.3 is 59.4 Å². The smallest absolute Gasteiger partial charge is 0.341 e. The standard InChI is InChI=1S/C41H63NO15.C2H4O2/c1-10-19(3)34(47)56-33-28(46)27-23(17-42-16-18(2)11-12-25(42)38(27,9)50)24-15-39-32(40(24,33)51)30(54-22(6)45)29(53-21(5)44)31-36(39,7)14-13-26(41(31,52)57-39)55-35(48)37(8,49)20(4)43;1-2(3)4/h18-20,23-33,43,46,49-52H,10-17H2,1-9H3;1H3,(H,3,4)/t18-,19+,20+,23-,24-,25-,26-,27+,28+,29-,30+,31-,32+,33-,36-,37+,38+,39+,40-,41-;/m0./s1. The highest BCUT2D eigenvalue weighted by molar-refractivity contribution is 5.79. The summed E-state index contributed by atoms with van der Waals surface area (Å²) in [5, 5.41) is 80.6. The molecule has 7 N–H and O–H groups in total. The van der Waals surface area contributed by atoms with Crippen LogP contribution in [0.1, 0.15) is 108 Å². The number of esters is 4. The van der Waals surface area contributed by atoms with E-state index < -0.39 is 136 Å². The van der Waals surface area contributed by atoms with E-state index in [9.17, 15) is 49.8 Å². The lowest BCUT2D eigenvalue weighted by Gasteiger charge is -2.64. The van der Waals surface area contributed by atoms with E-state index in [0.717, 1.165) is 34.1 Å². The Labute approximate surface area is 356 Å². The van der Waals surface area contributed by atoms with E-state index >= 15 is 0 Å². The van der Waals surface area contributed by atoms with Crippen LogP contribution in [0.25, 0.3) is 0 Å². The van der Waals surface area contributed by atoms with Crippen LogP contribution in [0.2, 0.25) is 0 Å². The zero-order valence-electron chi connectivity index (χ0n) is 36.9. The molecule has 0 aromatic rings. The van der Waals surface area contributed by atoms with Crippen molar-refractivity contribution >= 4 is 29.8 Å². The van der Waals surface area contributed by atoms with Crippen molar-refractivity contribution in [3.8, 4) is 0 Å². The van der Waals surface area contributed by atoms with E-state index in [2.05, 4.69) is 11.8 Å². The SMILES string of the molecule is CC(=O)O.CC[C@@H](C)C(=O)O[C@H]1[C@H](O)[C@H]2[C@@H](CN3C[C@@H](C)CC[C@H]3[C@@]2(C)O)[C@@H]2C[C@]34O[C@@]5(O)[C@@H](OC(=O)[C@](C)(O)[C@@H](C)O)CC[C@@]3(C)[C@@H]5[C@@H](OC(C)=O)[C@@H](OC(C)=O)[C@H]4[C@@]21O. The zero-order valence-corrected chi connectivity index (χ0v) is 36.9. The number of rotatable bonds is 8. The van der Waals surface area contributed by atoms with Crippen molar-refractivity contribution in [2.24, 2.45) is 46.8 Å². The predicted octanol–water partition coefficient (Wildman–Crippen LogP) is 0.669. The average Bonchev–Trinajstić information content (AvgIpc) is 3.44. The number of carboxylic acid groups (broad SMARTS) is 1. The summed E-state index contributed by atoms with van der Waals surface area (Å²) >= 11 is 0. The van der Waals surface area contributed by atoms with Gasteiger partial charge in [-0.2, -0.15) is 0 Å². The molecule has 7 fully saturated rings. The Morgan fingerprint density at radius 3 is 2.02 bits per heavy atom. The molecule has 18 heteroatoms. The number of nitrogens with zero attached hydrogens (tertiary/aromatic N) is 1. The third-order valence-corrected chi connectivity index (χ3v) is 16.1. The molecule has 7 aliphatic rings. The van der Waals surface area contributed by atoms with E-state index in [0.29, 0.717) is 31.8 Å². The molecule has 18 nitrogen and oxygen atoms in total. The lowest BCUT2D eigenvalue weighted by Crippen LogP contribution is -2.78. The van der Waals surface area contributed by atoms with Crippen LogP contribution in [-0.2, 0) is 47.7 Å². The van der Waals surface area contributed by atoms with Gasteiger partial charge >= 0.3 is 23.9 Å². The molecule has 0 unspecified atom stereocenters. The molecule has 3 heterocycles. The number of carbonyl (C=O) groups excluding carboxylic acids is 4. The predicted molar refractivity (Wildman–Crippen MR) is 209 cm³/mol. The average molecular weight is 870 g/mol. The number of aliphatic hydroxyl groups is 6. The number of fused-ring (bicyclic) bond motifs is 5. The topological polar surface area (TPSA) is 276 Å². The molecule has 3 aliphatic heterocycles. The van der Waals surface area contributed by atoms with Gasteiger partial charge in [0.2, 0.25) is 5.79 Å². The highest BCUT2D eigenvalue weighted by Gasteiger charge is 2.90. The van der Waals surface area contributed by atoms with Gasteiger partial charge in [0, 0.05) is 51.2 Å². The van der Waals surface area contributed by atoms with Crippen molar-refractivity contribution in [3.05, 3.63) is 0 Å². The van der Waals surface area contributed by atoms with Gasteiger partial charge in [-0.05, 0) is 77.0 Å². The van der Waals surface area contributed by atoms with Crippen LogP contribution < -0.4 is 0 Å².